The molecule has 0 atom stereocenters. The molecule has 0 aliphatic carbocycles. The SMILES string of the molecule is CC(C)COOCC(C)C.[AlH3]. The van der Waals surface area contributed by atoms with Gasteiger partial charge < -0.3 is 0 Å². The van der Waals surface area contributed by atoms with E-state index in [0.29, 0.717) is 25.0 Å². The van der Waals surface area contributed by atoms with Crippen molar-refractivity contribution < 1.29 is 9.78 Å². The lowest BCUT2D eigenvalue weighted by Crippen LogP contribution is -2.07. The summed E-state index contributed by atoms with van der Waals surface area (Å²) in [5.41, 5.74) is 0. The monoisotopic (exact) mass is 176 g/mol. The minimum atomic E-state index is 0. The molecule has 0 fully saturated rings. The third kappa shape index (κ3) is 13.4. The van der Waals surface area contributed by atoms with Crippen LogP contribution in [0, 0.1) is 11.8 Å². The highest BCUT2D eigenvalue weighted by Crippen LogP contribution is 1.96. The van der Waals surface area contributed by atoms with E-state index in [1.165, 1.54) is 0 Å². The molecule has 0 aliphatic heterocycles. The van der Waals surface area contributed by atoms with Crippen LogP contribution in [0.4, 0.5) is 0 Å². The van der Waals surface area contributed by atoms with Gasteiger partial charge in [-0.15, -0.1) is 0 Å². The van der Waals surface area contributed by atoms with Crippen molar-refractivity contribution in [3.8, 4) is 0 Å². The number of hydrogen-bond donors (Lipinski definition) is 0. The summed E-state index contributed by atoms with van der Waals surface area (Å²) in [6.45, 7) is 9.76. The first-order valence-corrected chi connectivity index (χ1v) is 3.87. The molecule has 0 aromatic carbocycles. The lowest BCUT2D eigenvalue weighted by Gasteiger charge is -2.07. The van der Waals surface area contributed by atoms with Gasteiger partial charge in [0.1, 0.15) is 0 Å². The highest BCUT2D eigenvalue weighted by atomic mass is 27.0. The zero-order valence-electron chi connectivity index (χ0n) is 7.39. The van der Waals surface area contributed by atoms with Crippen LogP contribution in [0.15, 0.2) is 0 Å². The van der Waals surface area contributed by atoms with Crippen molar-refractivity contribution in [3.63, 3.8) is 0 Å². The predicted octanol–water partition coefficient (Wildman–Crippen LogP) is 1.06. The third-order valence-electron chi connectivity index (χ3n) is 0.886. The van der Waals surface area contributed by atoms with Gasteiger partial charge in [0.05, 0.1) is 13.2 Å². The molecule has 0 aliphatic rings. The molecule has 0 bridgehead atoms. The van der Waals surface area contributed by atoms with Crippen LogP contribution >= 0.6 is 0 Å². The number of rotatable bonds is 5. The molecule has 0 saturated heterocycles. The van der Waals surface area contributed by atoms with Crippen LogP contribution in [0.3, 0.4) is 0 Å². The number of hydrogen-bond acceptors (Lipinski definition) is 2. The molecule has 0 aromatic heterocycles. The standard InChI is InChI=1S/C8H18O2.Al.3H/c1-7(2)5-9-10-6-8(3)4;;;;/h7-8H,5-6H2,1-4H3;;;;. The van der Waals surface area contributed by atoms with Gasteiger partial charge in [0.15, 0.2) is 17.4 Å². The van der Waals surface area contributed by atoms with Gasteiger partial charge in [0.25, 0.3) is 0 Å². The summed E-state index contributed by atoms with van der Waals surface area (Å²) in [4.78, 5) is 9.81. The molecule has 11 heavy (non-hydrogen) atoms. The van der Waals surface area contributed by atoms with Gasteiger partial charge in [0.2, 0.25) is 0 Å². The Kier molecular flexibility index (Phi) is 10.9. The van der Waals surface area contributed by atoms with Crippen molar-refractivity contribution in [2.45, 2.75) is 27.7 Å². The van der Waals surface area contributed by atoms with E-state index >= 15 is 0 Å². The first-order valence-electron chi connectivity index (χ1n) is 3.87. The van der Waals surface area contributed by atoms with Crippen LogP contribution in [0.2, 0.25) is 0 Å². The Labute approximate surface area is 80.3 Å². The highest BCUT2D eigenvalue weighted by molar-refractivity contribution is 5.75. The second kappa shape index (κ2) is 8.55. The summed E-state index contributed by atoms with van der Waals surface area (Å²) >= 11 is 0. The van der Waals surface area contributed by atoms with E-state index in [2.05, 4.69) is 27.7 Å². The Morgan fingerprint density at radius 2 is 1.09 bits per heavy atom. The Balaban J connectivity index is 0. The first kappa shape index (κ1) is 14.0. The zero-order chi connectivity index (χ0) is 7.98. The summed E-state index contributed by atoms with van der Waals surface area (Å²) in [6, 6.07) is 0. The quantitative estimate of drug-likeness (QED) is 0.270. The minimum absolute atomic E-state index is 0. The Hall–Kier alpha value is 0.452. The topological polar surface area (TPSA) is 18.5 Å². The zero-order valence-corrected chi connectivity index (χ0v) is 7.39. The fraction of sp³-hybridized carbons (Fsp3) is 1.00. The average Bonchev–Trinajstić information content (AvgIpc) is 1.79. The molecule has 0 rings (SSSR count). The maximum absolute atomic E-state index is 4.91. The maximum atomic E-state index is 4.91. The van der Waals surface area contributed by atoms with Crippen LogP contribution in [0.1, 0.15) is 27.7 Å². The Bertz CT molecular complexity index is 64.5. The molecule has 2 nitrogen and oxygen atoms in total. The van der Waals surface area contributed by atoms with Gasteiger partial charge in [-0.3, -0.25) is 0 Å². The van der Waals surface area contributed by atoms with Gasteiger partial charge in [0, 0.05) is 0 Å². The second-order valence-corrected chi connectivity index (χ2v) is 3.36. The normalized spacial score (nSPS) is 10.4. The molecule has 0 aromatic rings. The van der Waals surface area contributed by atoms with Crippen LogP contribution in [0.25, 0.3) is 0 Å². The molecule has 3 heteroatoms. The minimum Gasteiger partial charge on any atom is -0.236 e. The van der Waals surface area contributed by atoms with Gasteiger partial charge in [-0.05, 0) is 11.8 Å². The molecule has 68 valence electrons. The van der Waals surface area contributed by atoms with Crippen LogP contribution in [-0.2, 0) is 9.78 Å². The Morgan fingerprint density at radius 3 is 1.27 bits per heavy atom. The van der Waals surface area contributed by atoms with E-state index in [9.17, 15) is 0 Å². The lowest BCUT2D eigenvalue weighted by molar-refractivity contribution is -0.304. The van der Waals surface area contributed by atoms with E-state index in [1.54, 1.807) is 0 Å². The fourth-order valence-electron chi connectivity index (χ4n) is 0.368. The average molecular weight is 176 g/mol. The fourth-order valence-corrected chi connectivity index (χ4v) is 0.368. The largest absolute Gasteiger partial charge is 0.236 e. The third-order valence-corrected chi connectivity index (χ3v) is 0.886. The molecule has 0 radical (unpaired) electrons. The Morgan fingerprint density at radius 1 is 0.818 bits per heavy atom. The van der Waals surface area contributed by atoms with Crippen molar-refractivity contribution in [2.24, 2.45) is 11.8 Å². The van der Waals surface area contributed by atoms with Crippen molar-refractivity contribution in [3.05, 3.63) is 0 Å². The van der Waals surface area contributed by atoms with Gasteiger partial charge >= 0.3 is 0 Å². The van der Waals surface area contributed by atoms with Crippen LogP contribution in [0.5, 0.6) is 0 Å². The molecular weight excluding hydrogens is 155 g/mol. The molecule has 0 N–H and O–H groups in total. The molecule has 0 heterocycles. The second-order valence-electron chi connectivity index (χ2n) is 3.36. The van der Waals surface area contributed by atoms with Crippen LogP contribution in [-0.4, -0.2) is 30.6 Å². The molecule has 0 amide bonds. The van der Waals surface area contributed by atoms with Crippen molar-refractivity contribution in [2.75, 3.05) is 13.2 Å². The van der Waals surface area contributed by atoms with E-state index in [0.717, 1.165) is 0 Å². The van der Waals surface area contributed by atoms with E-state index < -0.39 is 0 Å². The molecule has 0 spiro atoms. The predicted molar refractivity (Wildman–Crippen MR) is 51.5 cm³/mol. The van der Waals surface area contributed by atoms with Gasteiger partial charge in [-0.2, -0.15) is 0 Å². The van der Waals surface area contributed by atoms with Gasteiger partial charge in [-0.1, -0.05) is 27.7 Å². The summed E-state index contributed by atoms with van der Waals surface area (Å²) in [5.74, 6) is 1.10. The maximum Gasteiger partial charge on any atom is 0.187 e. The van der Waals surface area contributed by atoms with E-state index in [-0.39, 0.29) is 17.4 Å². The highest BCUT2D eigenvalue weighted by Gasteiger charge is 1.96. The van der Waals surface area contributed by atoms with Crippen molar-refractivity contribution in [1.82, 2.24) is 0 Å². The van der Waals surface area contributed by atoms with Crippen molar-refractivity contribution >= 4 is 17.4 Å². The van der Waals surface area contributed by atoms with E-state index in [4.69, 9.17) is 9.78 Å². The van der Waals surface area contributed by atoms with E-state index in [1.807, 2.05) is 0 Å². The molecular formula is C8H21AlO2. The lowest BCUT2D eigenvalue weighted by atomic mass is 10.2. The summed E-state index contributed by atoms with van der Waals surface area (Å²) in [6.07, 6.45) is 0. The smallest absolute Gasteiger partial charge is 0.187 e. The molecule has 0 unspecified atom stereocenters. The summed E-state index contributed by atoms with van der Waals surface area (Å²) < 4.78 is 0. The first-order chi connectivity index (χ1) is 4.63. The molecule has 0 saturated carbocycles. The van der Waals surface area contributed by atoms with Crippen LogP contribution < -0.4 is 0 Å². The summed E-state index contributed by atoms with van der Waals surface area (Å²) in [5, 5.41) is 0. The summed E-state index contributed by atoms with van der Waals surface area (Å²) in [7, 11) is 0. The van der Waals surface area contributed by atoms with Gasteiger partial charge in [-0.25, -0.2) is 9.78 Å². The van der Waals surface area contributed by atoms with Crippen molar-refractivity contribution in [1.29, 1.82) is 0 Å².